The minimum absolute atomic E-state index is 0.0920. The number of amides is 1. The Hall–Kier alpha value is -0.570. The number of hydrogen-bond donors (Lipinski definition) is 0. The molecule has 0 bridgehead atoms. The third-order valence-corrected chi connectivity index (χ3v) is 2.83. The number of methoxy groups -OCH3 is 1. The van der Waals surface area contributed by atoms with E-state index in [4.69, 9.17) is 4.74 Å². The van der Waals surface area contributed by atoms with Gasteiger partial charge in [-0.1, -0.05) is 6.42 Å². The first kappa shape index (κ1) is 10.5. The zero-order chi connectivity index (χ0) is 9.84. The van der Waals surface area contributed by atoms with E-state index < -0.39 is 0 Å². The highest BCUT2D eigenvalue weighted by molar-refractivity contribution is 5.80. The lowest BCUT2D eigenvalue weighted by Gasteiger charge is -2.31. The Kier molecular flexibility index (Phi) is 3.72. The van der Waals surface area contributed by atoms with E-state index in [-0.39, 0.29) is 12.0 Å². The lowest BCUT2D eigenvalue weighted by molar-refractivity contribution is -0.140. The van der Waals surface area contributed by atoms with Crippen molar-refractivity contribution in [2.75, 3.05) is 20.7 Å². The monoisotopic (exact) mass is 185 g/mol. The molecule has 1 aliphatic rings. The predicted molar refractivity (Wildman–Crippen MR) is 51.4 cm³/mol. The molecule has 0 saturated heterocycles. The standard InChI is InChI=1S/C10H19NO2/c1-8(13-3)10(12)11(2)7-9-5-4-6-9/h8-9H,4-7H2,1-3H3. The molecule has 0 aliphatic heterocycles. The third kappa shape index (κ3) is 2.69. The van der Waals surface area contributed by atoms with Crippen LogP contribution < -0.4 is 0 Å². The summed E-state index contributed by atoms with van der Waals surface area (Å²) in [5, 5.41) is 0. The highest BCUT2D eigenvalue weighted by atomic mass is 16.5. The van der Waals surface area contributed by atoms with Crippen molar-refractivity contribution in [3.05, 3.63) is 0 Å². The molecule has 0 aromatic carbocycles. The van der Waals surface area contributed by atoms with Crippen LogP contribution in [0.1, 0.15) is 26.2 Å². The largest absolute Gasteiger partial charge is 0.372 e. The van der Waals surface area contributed by atoms with Crippen LogP contribution in [-0.4, -0.2) is 37.6 Å². The fraction of sp³-hybridized carbons (Fsp3) is 0.900. The van der Waals surface area contributed by atoms with Gasteiger partial charge in [-0.2, -0.15) is 0 Å². The molecule has 0 radical (unpaired) electrons. The molecule has 0 aromatic rings. The highest BCUT2D eigenvalue weighted by Crippen LogP contribution is 2.26. The Morgan fingerprint density at radius 2 is 2.23 bits per heavy atom. The first-order valence-electron chi connectivity index (χ1n) is 4.93. The van der Waals surface area contributed by atoms with Gasteiger partial charge in [-0.05, 0) is 25.7 Å². The summed E-state index contributed by atoms with van der Waals surface area (Å²) in [6.07, 6.45) is 3.58. The van der Waals surface area contributed by atoms with Crippen molar-refractivity contribution in [1.29, 1.82) is 0 Å². The zero-order valence-electron chi connectivity index (χ0n) is 8.75. The number of carbonyl (C=O) groups excluding carboxylic acids is 1. The molecule has 0 N–H and O–H groups in total. The maximum atomic E-state index is 11.6. The molecule has 3 nitrogen and oxygen atoms in total. The number of carbonyl (C=O) groups is 1. The van der Waals surface area contributed by atoms with Gasteiger partial charge in [0, 0.05) is 20.7 Å². The van der Waals surface area contributed by atoms with Crippen LogP contribution in [0.3, 0.4) is 0 Å². The number of ether oxygens (including phenoxy) is 1. The Morgan fingerprint density at radius 3 is 2.62 bits per heavy atom. The molecule has 0 heterocycles. The summed E-state index contributed by atoms with van der Waals surface area (Å²) < 4.78 is 4.98. The molecule has 1 fully saturated rings. The van der Waals surface area contributed by atoms with Crippen LogP contribution in [0.2, 0.25) is 0 Å². The summed E-state index contributed by atoms with van der Waals surface area (Å²) in [5.74, 6) is 0.826. The van der Waals surface area contributed by atoms with Crippen LogP contribution in [0, 0.1) is 5.92 Å². The van der Waals surface area contributed by atoms with Gasteiger partial charge >= 0.3 is 0 Å². The average molecular weight is 185 g/mol. The Labute approximate surface area is 80.1 Å². The molecule has 1 unspecified atom stereocenters. The van der Waals surface area contributed by atoms with E-state index in [0.29, 0.717) is 0 Å². The highest BCUT2D eigenvalue weighted by Gasteiger charge is 2.23. The van der Waals surface area contributed by atoms with Gasteiger partial charge in [-0.25, -0.2) is 0 Å². The summed E-state index contributed by atoms with van der Waals surface area (Å²) in [6.45, 7) is 2.69. The van der Waals surface area contributed by atoms with E-state index in [1.807, 2.05) is 7.05 Å². The lowest BCUT2D eigenvalue weighted by Crippen LogP contribution is -2.40. The van der Waals surface area contributed by atoms with E-state index in [9.17, 15) is 4.79 Å². The first-order chi connectivity index (χ1) is 6.15. The van der Waals surface area contributed by atoms with Crippen LogP contribution >= 0.6 is 0 Å². The molecule has 3 heteroatoms. The summed E-state index contributed by atoms with van der Waals surface area (Å²) in [7, 11) is 3.43. The van der Waals surface area contributed by atoms with Gasteiger partial charge in [0.1, 0.15) is 6.10 Å². The van der Waals surface area contributed by atoms with E-state index in [0.717, 1.165) is 12.5 Å². The van der Waals surface area contributed by atoms with Crippen molar-refractivity contribution in [2.45, 2.75) is 32.3 Å². The maximum absolute atomic E-state index is 11.6. The second kappa shape index (κ2) is 4.61. The van der Waals surface area contributed by atoms with Crippen molar-refractivity contribution in [3.63, 3.8) is 0 Å². The molecule has 1 rings (SSSR count). The summed E-state index contributed by atoms with van der Waals surface area (Å²) in [4.78, 5) is 13.3. The molecule has 1 saturated carbocycles. The topological polar surface area (TPSA) is 29.5 Å². The Morgan fingerprint density at radius 1 is 1.62 bits per heavy atom. The first-order valence-corrected chi connectivity index (χ1v) is 4.93. The second-order valence-corrected chi connectivity index (χ2v) is 3.89. The van der Waals surface area contributed by atoms with Gasteiger partial charge in [-0.3, -0.25) is 4.79 Å². The van der Waals surface area contributed by atoms with Gasteiger partial charge in [0.2, 0.25) is 0 Å². The maximum Gasteiger partial charge on any atom is 0.251 e. The van der Waals surface area contributed by atoms with Crippen molar-refractivity contribution in [1.82, 2.24) is 4.90 Å². The van der Waals surface area contributed by atoms with Gasteiger partial charge in [-0.15, -0.1) is 0 Å². The molecule has 1 atom stereocenters. The Bertz CT molecular complexity index is 178. The molecule has 1 amide bonds. The van der Waals surface area contributed by atoms with Crippen molar-refractivity contribution in [3.8, 4) is 0 Å². The smallest absolute Gasteiger partial charge is 0.251 e. The van der Waals surface area contributed by atoms with Gasteiger partial charge in [0.15, 0.2) is 0 Å². The molecule has 13 heavy (non-hydrogen) atoms. The number of likely N-dealkylation sites (N-methyl/N-ethyl adjacent to an activating group) is 1. The van der Waals surface area contributed by atoms with Crippen LogP contribution in [0.25, 0.3) is 0 Å². The molecular formula is C10H19NO2. The SMILES string of the molecule is COC(C)C(=O)N(C)CC1CCC1. The van der Waals surface area contributed by atoms with Crippen LogP contribution in [0.5, 0.6) is 0 Å². The molecule has 1 aliphatic carbocycles. The molecular weight excluding hydrogens is 166 g/mol. The lowest BCUT2D eigenvalue weighted by atomic mass is 9.85. The minimum atomic E-state index is -0.301. The van der Waals surface area contributed by atoms with E-state index in [2.05, 4.69) is 0 Å². The summed E-state index contributed by atoms with van der Waals surface area (Å²) in [5.41, 5.74) is 0. The van der Waals surface area contributed by atoms with Crippen molar-refractivity contribution < 1.29 is 9.53 Å². The van der Waals surface area contributed by atoms with E-state index >= 15 is 0 Å². The summed E-state index contributed by atoms with van der Waals surface area (Å²) in [6, 6.07) is 0. The fourth-order valence-corrected chi connectivity index (χ4v) is 1.56. The number of nitrogens with zero attached hydrogens (tertiary/aromatic N) is 1. The van der Waals surface area contributed by atoms with Crippen molar-refractivity contribution >= 4 is 5.91 Å². The van der Waals surface area contributed by atoms with E-state index in [1.165, 1.54) is 19.3 Å². The zero-order valence-corrected chi connectivity index (χ0v) is 8.75. The third-order valence-electron chi connectivity index (χ3n) is 2.83. The van der Waals surface area contributed by atoms with Gasteiger partial charge in [0.05, 0.1) is 0 Å². The predicted octanol–water partition coefficient (Wildman–Crippen LogP) is 1.28. The Balaban J connectivity index is 2.28. The second-order valence-electron chi connectivity index (χ2n) is 3.89. The van der Waals surface area contributed by atoms with Gasteiger partial charge in [0.25, 0.3) is 5.91 Å². The van der Waals surface area contributed by atoms with Crippen LogP contribution in [0.15, 0.2) is 0 Å². The molecule has 0 spiro atoms. The van der Waals surface area contributed by atoms with Crippen LogP contribution in [-0.2, 0) is 9.53 Å². The van der Waals surface area contributed by atoms with Crippen LogP contribution in [0.4, 0.5) is 0 Å². The minimum Gasteiger partial charge on any atom is -0.372 e. The number of hydrogen-bond acceptors (Lipinski definition) is 2. The van der Waals surface area contributed by atoms with Gasteiger partial charge < -0.3 is 9.64 Å². The van der Waals surface area contributed by atoms with Crippen molar-refractivity contribution in [2.24, 2.45) is 5.92 Å². The number of rotatable bonds is 4. The molecule has 76 valence electrons. The van der Waals surface area contributed by atoms with E-state index in [1.54, 1.807) is 18.9 Å². The molecule has 0 aromatic heterocycles. The average Bonchev–Trinajstić information content (AvgIpc) is 2.08. The quantitative estimate of drug-likeness (QED) is 0.660. The normalized spacial score (nSPS) is 19.3. The fourth-order valence-electron chi connectivity index (χ4n) is 1.56. The summed E-state index contributed by atoms with van der Waals surface area (Å²) >= 11 is 0.